The van der Waals surface area contributed by atoms with Gasteiger partial charge < -0.3 is 5.32 Å². The van der Waals surface area contributed by atoms with Crippen LogP contribution in [0.15, 0.2) is 29.3 Å². The monoisotopic (exact) mass is 271 g/mol. The Kier molecular flexibility index (Phi) is 4.03. The molecule has 1 rings (SSSR count). The fourth-order valence-electron chi connectivity index (χ4n) is 1.01. The molecule has 1 N–H and O–H groups in total. The average Bonchev–Trinajstić information content (AvgIpc) is 2.18. The summed E-state index contributed by atoms with van der Waals surface area (Å²) >= 11 is 3.12. The second-order valence-electron chi connectivity index (χ2n) is 3.16. The minimum atomic E-state index is -0.375. The van der Waals surface area contributed by atoms with Crippen molar-refractivity contribution >= 4 is 21.8 Å². The Morgan fingerprint density at radius 3 is 2.80 bits per heavy atom. The van der Waals surface area contributed by atoms with Gasteiger partial charge in [-0.2, -0.15) is 0 Å². The van der Waals surface area contributed by atoms with Crippen molar-refractivity contribution < 1.29 is 9.18 Å². The molecular formula is C11H11BrFNO. The Labute approximate surface area is 96.3 Å². The largest absolute Gasteiger partial charge is 0.347 e. The first kappa shape index (κ1) is 11.9. The zero-order valence-electron chi connectivity index (χ0n) is 8.31. The fraction of sp³-hybridized carbons (Fsp3) is 0.182. The normalized spacial score (nSPS) is 9.80. The molecule has 0 aliphatic rings. The van der Waals surface area contributed by atoms with Crippen molar-refractivity contribution in [1.82, 2.24) is 5.32 Å². The van der Waals surface area contributed by atoms with E-state index in [2.05, 4.69) is 27.8 Å². The summed E-state index contributed by atoms with van der Waals surface area (Å²) in [4.78, 5) is 11.5. The van der Waals surface area contributed by atoms with Crippen molar-refractivity contribution in [3.8, 4) is 0 Å². The quantitative estimate of drug-likeness (QED) is 0.900. The number of carbonyl (C=O) groups excluding carboxylic acids is 1. The first-order valence-corrected chi connectivity index (χ1v) is 5.17. The lowest BCUT2D eigenvalue weighted by Gasteiger charge is -2.04. The van der Waals surface area contributed by atoms with Gasteiger partial charge in [-0.3, -0.25) is 4.79 Å². The van der Waals surface area contributed by atoms with Crippen LogP contribution in [0.1, 0.15) is 15.9 Å². The number of amides is 1. The van der Waals surface area contributed by atoms with Crippen LogP contribution in [-0.4, -0.2) is 12.5 Å². The van der Waals surface area contributed by atoms with E-state index >= 15 is 0 Å². The maximum atomic E-state index is 13.1. The van der Waals surface area contributed by atoms with Gasteiger partial charge in [0.25, 0.3) is 5.91 Å². The minimum Gasteiger partial charge on any atom is -0.347 e. The minimum absolute atomic E-state index is 0.311. The van der Waals surface area contributed by atoms with Gasteiger partial charge in [-0.1, -0.05) is 28.6 Å². The lowest BCUT2D eigenvalue weighted by Crippen LogP contribution is -2.24. The van der Waals surface area contributed by atoms with Crippen LogP contribution in [0.3, 0.4) is 0 Å². The predicted octanol–water partition coefficient (Wildman–Crippen LogP) is 2.77. The lowest BCUT2D eigenvalue weighted by molar-refractivity contribution is 0.0957. The van der Waals surface area contributed by atoms with E-state index in [1.165, 1.54) is 6.07 Å². The highest BCUT2D eigenvalue weighted by Gasteiger charge is 2.07. The number of carbonyl (C=O) groups is 1. The third-order valence-corrected chi connectivity index (χ3v) is 2.16. The summed E-state index contributed by atoms with van der Waals surface area (Å²) in [7, 11) is 0. The predicted molar refractivity (Wildman–Crippen MR) is 61.5 cm³/mol. The van der Waals surface area contributed by atoms with E-state index in [4.69, 9.17) is 0 Å². The van der Waals surface area contributed by atoms with Gasteiger partial charge in [0, 0.05) is 16.6 Å². The van der Waals surface area contributed by atoms with Crippen LogP contribution < -0.4 is 5.32 Å². The third kappa shape index (κ3) is 3.47. The molecule has 0 spiro atoms. The topological polar surface area (TPSA) is 29.1 Å². The lowest BCUT2D eigenvalue weighted by atomic mass is 10.1. The Morgan fingerprint density at radius 1 is 1.60 bits per heavy atom. The second kappa shape index (κ2) is 5.07. The Balaban J connectivity index is 2.74. The molecule has 2 nitrogen and oxygen atoms in total. The van der Waals surface area contributed by atoms with Gasteiger partial charge in [-0.15, -0.1) is 0 Å². The van der Waals surface area contributed by atoms with Crippen LogP contribution in [0.2, 0.25) is 0 Å². The smallest absolute Gasteiger partial charge is 0.251 e. The van der Waals surface area contributed by atoms with E-state index in [1.807, 2.05) is 0 Å². The van der Waals surface area contributed by atoms with Crippen LogP contribution in [-0.2, 0) is 0 Å². The van der Waals surface area contributed by atoms with Crippen LogP contribution in [0.5, 0.6) is 0 Å². The Hall–Kier alpha value is -1.16. The maximum Gasteiger partial charge on any atom is 0.251 e. The molecule has 0 heterocycles. The zero-order chi connectivity index (χ0) is 11.4. The van der Waals surface area contributed by atoms with E-state index < -0.39 is 0 Å². The van der Waals surface area contributed by atoms with E-state index in [1.54, 1.807) is 19.1 Å². The van der Waals surface area contributed by atoms with Gasteiger partial charge in [-0.05, 0) is 24.6 Å². The standard InChI is InChI=1S/C11H11BrFNO/c1-7-3-4-9(5-10(7)13)11(15)14-6-8(2)12/h3-5H,2,6H2,1H3,(H,14,15). The summed E-state index contributed by atoms with van der Waals surface area (Å²) in [5.74, 6) is -0.685. The summed E-state index contributed by atoms with van der Waals surface area (Å²) in [5, 5.41) is 2.59. The van der Waals surface area contributed by atoms with E-state index in [9.17, 15) is 9.18 Å². The number of hydrogen-bond donors (Lipinski definition) is 1. The van der Waals surface area contributed by atoms with Crippen molar-refractivity contribution in [3.05, 3.63) is 46.2 Å². The van der Waals surface area contributed by atoms with Gasteiger partial charge in [0.05, 0.1) is 0 Å². The number of nitrogens with one attached hydrogen (secondary N) is 1. The maximum absolute atomic E-state index is 13.1. The van der Waals surface area contributed by atoms with E-state index in [0.29, 0.717) is 22.2 Å². The van der Waals surface area contributed by atoms with E-state index in [0.717, 1.165) is 0 Å². The van der Waals surface area contributed by atoms with Crippen molar-refractivity contribution in [3.63, 3.8) is 0 Å². The summed E-state index contributed by atoms with van der Waals surface area (Å²) in [6.45, 7) is 5.56. The van der Waals surface area contributed by atoms with Crippen LogP contribution in [0.4, 0.5) is 4.39 Å². The van der Waals surface area contributed by atoms with Crippen LogP contribution >= 0.6 is 15.9 Å². The molecule has 0 saturated carbocycles. The van der Waals surface area contributed by atoms with Crippen LogP contribution in [0, 0.1) is 12.7 Å². The molecule has 1 aromatic carbocycles. The molecule has 1 amide bonds. The van der Waals surface area contributed by atoms with Gasteiger partial charge >= 0.3 is 0 Å². The Morgan fingerprint density at radius 2 is 2.27 bits per heavy atom. The SMILES string of the molecule is C=C(Br)CNC(=O)c1ccc(C)c(F)c1. The first-order chi connectivity index (χ1) is 7.00. The Bertz CT molecular complexity index is 404. The number of aryl methyl sites for hydroxylation is 1. The van der Waals surface area contributed by atoms with Gasteiger partial charge in [-0.25, -0.2) is 4.39 Å². The molecule has 0 aliphatic carbocycles. The molecule has 0 fully saturated rings. The number of hydrogen-bond acceptors (Lipinski definition) is 1. The number of benzene rings is 1. The molecule has 0 bridgehead atoms. The molecule has 0 aliphatic heterocycles. The van der Waals surface area contributed by atoms with Crippen molar-refractivity contribution in [2.24, 2.45) is 0 Å². The average molecular weight is 272 g/mol. The highest BCUT2D eigenvalue weighted by molar-refractivity contribution is 9.11. The molecule has 0 unspecified atom stereocenters. The zero-order valence-corrected chi connectivity index (χ0v) is 9.90. The molecule has 0 atom stereocenters. The fourth-order valence-corrected chi connectivity index (χ4v) is 1.15. The summed E-state index contributed by atoms with van der Waals surface area (Å²) in [5.41, 5.74) is 0.836. The third-order valence-electron chi connectivity index (χ3n) is 1.87. The highest BCUT2D eigenvalue weighted by Crippen LogP contribution is 2.09. The van der Waals surface area contributed by atoms with Crippen molar-refractivity contribution in [2.45, 2.75) is 6.92 Å². The molecule has 4 heteroatoms. The summed E-state index contributed by atoms with van der Waals surface area (Å²) < 4.78 is 13.8. The summed E-state index contributed by atoms with van der Waals surface area (Å²) in [6, 6.07) is 4.39. The van der Waals surface area contributed by atoms with Gasteiger partial charge in [0.2, 0.25) is 0 Å². The molecule has 80 valence electrons. The van der Waals surface area contributed by atoms with Crippen molar-refractivity contribution in [2.75, 3.05) is 6.54 Å². The van der Waals surface area contributed by atoms with E-state index in [-0.39, 0.29) is 11.7 Å². The van der Waals surface area contributed by atoms with Crippen molar-refractivity contribution in [1.29, 1.82) is 0 Å². The number of halogens is 2. The number of rotatable bonds is 3. The molecular weight excluding hydrogens is 261 g/mol. The highest BCUT2D eigenvalue weighted by atomic mass is 79.9. The van der Waals surface area contributed by atoms with Gasteiger partial charge in [0.15, 0.2) is 0 Å². The van der Waals surface area contributed by atoms with Crippen LogP contribution in [0.25, 0.3) is 0 Å². The van der Waals surface area contributed by atoms with Gasteiger partial charge in [0.1, 0.15) is 5.82 Å². The second-order valence-corrected chi connectivity index (χ2v) is 4.29. The summed E-state index contributed by atoms with van der Waals surface area (Å²) in [6.07, 6.45) is 0. The first-order valence-electron chi connectivity index (χ1n) is 4.38. The molecule has 0 aromatic heterocycles. The molecule has 0 radical (unpaired) electrons. The molecule has 1 aromatic rings. The molecule has 15 heavy (non-hydrogen) atoms. The molecule has 0 saturated heterocycles.